The van der Waals surface area contributed by atoms with Crippen LogP contribution in [0.5, 0.6) is 0 Å². The summed E-state index contributed by atoms with van der Waals surface area (Å²) in [4.78, 5) is 0. The first-order valence-electron chi connectivity index (χ1n) is 8.46. The van der Waals surface area contributed by atoms with Crippen LogP contribution in [-0.2, 0) is 0 Å². The molecule has 0 radical (unpaired) electrons. The Morgan fingerprint density at radius 1 is 1.11 bits per heavy atom. The molecule has 0 heterocycles. The minimum Gasteiger partial charge on any atom is -0.0654 e. The van der Waals surface area contributed by atoms with Gasteiger partial charge in [-0.1, -0.05) is 60.8 Å². The van der Waals surface area contributed by atoms with Crippen LogP contribution < -0.4 is 0 Å². The van der Waals surface area contributed by atoms with Crippen LogP contribution in [0.1, 0.15) is 73.6 Å². The Hall–Kier alpha value is 0. The van der Waals surface area contributed by atoms with Crippen molar-refractivity contribution < 1.29 is 0 Å². The summed E-state index contributed by atoms with van der Waals surface area (Å²) in [6.07, 6.45) is 7.35. The summed E-state index contributed by atoms with van der Waals surface area (Å²) in [5, 5.41) is 0. The second-order valence-electron chi connectivity index (χ2n) is 7.79. The van der Waals surface area contributed by atoms with Gasteiger partial charge < -0.3 is 0 Å². The van der Waals surface area contributed by atoms with Crippen molar-refractivity contribution in [2.24, 2.45) is 40.9 Å². The first-order chi connectivity index (χ1) is 8.46. The molecule has 2 fully saturated rings. The van der Waals surface area contributed by atoms with E-state index in [0.717, 1.165) is 35.5 Å². The minimum absolute atomic E-state index is 0.697. The van der Waals surface area contributed by atoms with Gasteiger partial charge in [0.15, 0.2) is 0 Å². The highest BCUT2D eigenvalue weighted by atomic mass is 14.7. The number of hydrogen-bond acceptors (Lipinski definition) is 0. The molecular formula is C18H34. The molecule has 2 aliphatic carbocycles. The van der Waals surface area contributed by atoms with E-state index in [0.29, 0.717) is 5.41 Å². The number of hydrogen-bond donors (Lipinski definition) is 0. The van der Waals surface area contributed by atoms with E-state index in [1.54, 1.807) is 0 Å². The molecule has 0 N–H and O–H groups in total. The molecule has 0 heteroatoms. The molecule has 0 nitrogen and oxygen atoms in total. The van der Waals surface area contributed by atoms with Gasteiger partial charge in [-0.3, -0.25) is 0 Å². The van der Waals surface area contributed by atoms with E-state index in [1.165, 1.54) is 32.1 Å². The van der Waals surface area contributed by atoms with Gasteiger partial charge in [-0.2, -0.15) is 0 Å². The zero-order valence-electron chi connectivity index (χ0n) is 13.5. The fourth-order valence-electron chi connectivity index (χ4n) is 6.30. The smallest absolute Gasteiger partial charge is 0.0208 e. The Bertz CT molecular complexity index is 280. The summed E-state index contributed by atoms with van der Waals surface area (Å²) in [6.45, 7) is 15.0. The van der Waals surface area contributed by atoms with E-state index >= 15 is 0 Å². The van der Waals surface area contributed by atoms with Crippen LogP contribution in [0.15, 0.2) is 0 Å². The average molecular weight is 250 g/mol. The topological polar surface area (TPSA) is 0 Å². The maximum absolute atomic E-state index is 2.57. The van der Waals surface area contributed by atoms with E-state index < -0.39 is 0 Å². The fraction of sp³-hybridized carbons (Fsp3) is 1.00. The van der Waals surface area contributed by atoms with Crippen molar-refractivity contribution in [3.63, 3.8) is 0 Å². The lowest BCUT2D eigenvalue weighted by molar-refractivity contribution is 0.0350. The van der Waals surface area contributed by atoms with Crippen LogP contribution >= 0.6 is 0 Å². The Kier molecular flexibility index (Phi) is 4.14. The van der Waals surface area contributed by atoms with Crippen LogP contribution in [0, 0.1) is 40.9 Å². The van der Waals surface area contributed by atoms with Crippen LogP contribution in [0.25, 0.3) is 0 Å². The van der Waals surface area contributed by atoms with Crippen molar-refractivity contribution in [2.75, 3.05) is 0 Å². The van der Waals surface area contributed by atoms with Gasteiger partial charge in [-0.15, -0.1) is 0 Å². The van der Waals surface area contributed by atoms with E-state index in [2.05, 4.69) is 41.5 Å². The van der Waals surface area contributed by atoms with Gasteiger partial charge >= 0.3 is 0 Å². The Balaban J connectivity index is 2.37. The quantitative estimate of drug-likeness (QED) is 0.594. The molecule has 0 aliphatic heterocycles. The first-order valence-corrected chi connectivity index (χ1v) is 8.46. The van der Waals surface area contributed by atoms with Gasteiger partial charge in [0.1, 0.15) is 0 Å². The van der Waals surface area contributed by atoms with Gasteiger partial charge in [0.25, 0.3) is 0 Å². The van der Waals surface area contributed by atoms with Crippen molar-refractivity contribution in [2.45, 2.75) is 73.6 Å². The Morgan fingerprint density at radius 3 is 2.33 bits per heavy atom. The summed E-state index contributed by atoms with van der Waals surface area (Å²) in [7, 11) is 0. The lowest BCUT2D eigenvalue weighted by atomic mass is 9.60. The number of fused-ring (bicyclic) bond motifs is 1. The van der Waals surface area contributed by atoms with Crippen molar-refractivity contribution in [3.05, 3.63) is 0 Å². The number of rotatable bonds is 4. The highest BCUT2D eigenvalue weighted by molar-refractivity contribution is 5.09. The monoisotopic (exact) mass is 250 g/mol. The normalized spacial score (nSPS) is 45.5. The van der Waals surface area contributed by atoms with Crippen molar-refractivity contribution in [1.29, 1.82) is 0 Å². The van der Waals surface area contributed by atoms with Crippen molar-refractivity contribution in [1.82, 2.24) is 0 Å². The maximum atomic E-state index is 2.57. The summed E-state index contributed by atoms with van der Waals surface area (Å²) in [6, 6.07) is 0. The lowest BCUT2D eigenvalue weighted by Crippen LogP contribution is -2.39. The molecule has 0 spiro atoms. The molecule has 2 aliphatic rings. The van der Waals surface area contributed by atoms with Crippen molar-refractivity contribution in [3.8, 4) is 0 Å². The predicted octanol–water partition coefficient (Wildman–Crippen LogP) is 5.77. The molecule has 6 atom stereocenters. The standard InChI is InChI=1S/C18H34/c1-7-9-13(4)18-11-8-10-16(18)14(5)15(6)17(18)12(2)3/h12-17H,7-11H2,1-6H3. The molecule has 6 unspecified atom stereocenters. The molecular weight excluding hydrogens is 216 g/mol. The fourth-order valence-corrected chi connectivity index (χ4v) is 6.30. The highest BCUT2D eigenvalue weighted by Crippen LogP contribution is 2.67. The summed E-state index contributed by atoms with van der Waals surface area (Å²) < 4.78 is 0. The lowest BCUT2D eigenvalue weighted by Gasteiger charge is -2.44. The van der Waals surface area contributed by atoms with Gasteiger partial charge in [0.05, 0.1) is 0 Å². The van der Waals surface area contributed by atoms with Gasteiger partial charge in [0.2, 0.25) is 0 Å². The van der Waals surface area contributed by atoms with Crippen LogP contribution in [-0.4, -0.2) is 0 Å². The third-order valence-corrected chi connectivity index (χ3v) is 6.82. The first kappa shape index (κ1) is 14.4. The molecule has 18 heavy (non-hydrogen) atoms. The van der Waals surface area contributed by atoms with Gasteiger partial charge in [-0.05, 0) is 53.8 Å². The maximum Gasteiger partial charge on any atom is -0.0208 e. The van der Waals surface area contributed by atoms with E-state index in [9.17, 15) is 0 Å². The van der Waals surface area contributed by atoms with E-state index in [4.69, 9.17) is 0 Å². The molecule has 0 bridgehead atoms. The van der Waals surface area contributed by atoms with E-state index in [1.807, 2.05) is 0 Å². The van der Waals surface area contributed by atoms with Gasteiger partial charge in [-0.25, -0.2) is 0 Å². The molecule has 2 saturated carbocycles. The molecule has 0 aromatic rings. The molecule has 0 saturated heterocycles. The molecule has 0 aromatic heterocycles. The second-order valence-corrected chi connectivity index (χ2v) is 7.79. The molecule has 106 valence electrons. The average Bonchev–Trinajstić information content (AvgIpc) is 2.80. The predicted molar refractivity (Wildman–Crippen MR) is 80.5 cm³/mol. The molecule has 0 amide bonds. The van der Waals surface area contributed by atoms with E-state index in [-0.39, 0.29) is 0 Å². The Morgan fingerprint density at radius 2 is 1.78 bits per heavy atom. The second kappa shape index (κ2) is 5.17. The summed E-state index contributed by atoms with van der Waals surface area (Å²) in [5.41, 5.74) is 0.697. The van der Waals surface area contributed by atoms with Crippen LogP contribution in [0.3, 0.4) is 0 Å². The third kappa shape index (κ3) is 1.86. The summed E-state index contributed by atoms with van der Waals surface area (Å²) in [5.74, 6) is 5.71. The largest absolute Gasteiger partial charge is 0.0654 e. The molecule has 2 rings (SSSR count). The van der Waals surface area contributed by atoms with Crippen LogP contribution in [0.2, 0.25) is 0 Å². The zero-order chi connectivity index (χ0) is 13.5. The highest BCUT2D eigenvalue weighted by Gasteiger charge is 2.60. The van der Waals surface area contributed by atoms with Crippen molar-refractivity contribution >= 4 is 0 Å². The molecule has 0 aromatic carbocycles. The van der Waals surface area contributed by atoms with Crippen LogP contribution in [0.4, 0.5) is 0 Å². The SMILES string of the molecule is CCCC(C)C12CCCC1C(C)C(C)C2C(C)C. The summed E-state index contributed by atoms with van der Waals surface area (Å²) >= 11 is 0. The Labute approximate surface area is 115 Å². The minimum atomic E-state index is 0.697. The third-order valence-electron chi connectivity index (χ3n) is 6.82. The zero-order valence-corrected chi connectivity index (χ0v) is 13.5. The van der Waals surface area contributed by atoms with Gasteiger partial charge in [0, 0.05) is 0 Å².